The van der Waals surface area contributed by atoms with Crippen LogP contribution >= 0.6 is 0 Å². The Hall–Kier alpha value is -3.15. The predicted octanol–water partition coefficient (Wildman–Crippen LogP) is 4.81. The molecule has 0 spiro atoms. The third-order valence-corrected chi connectivity index (χ3v) is 3.40. The maximum atomic E-state index is 13.0. The number of rotatable bonds is 6. The van der Waals surface area contributed by atoms with Crippen LogP contribution in [0, 0.1) is 12.7 Å². The maximum Gasteiger partial charge on any atom is 0.229 e. The van der Waals surface area contributed by atoms with Gasteiger partial charge in [-0.1, -0.05) is 12.1 Å². The average molecular weight is 338 g/mol. The van der Waals surface area contributed by atoms with Gasteiger partial charge in [-0.2, -0.15) is 4.98 Å². The monoisotopic (exact) mass is 338 g/mol. The second-order valence-electron chi connectivity index (χ2n) is 5.40. The number of anilines is 4. The molecular formula is C19H19FN4O. The van der Waals surface area contributed by atoms with E-state index in [0.29, 0.717) is 18.4 Å². The molecule has 0 aliphatic heterocycles. The van der Waals surface area contributed by atoms with Gasteiger partial charge >= 0.3 is 0 Å². The molecular weight excluding hydrogens is 319 g/mol. The van der Waals surface area contributed by atoms with Crippen molar-refractivity contribution in [3.05, 3.63) is 66.1 Å². The molecule has 0 atom stereocenters. The van der Waals surface area contributed by atoms with E-state index < -0.39 is 0 Å². The van der Waals surface area contributed by atoms with Crippen LogP contribution in [0.1, 0.15) is 12.6 Å². The molecule has 0 amide bonds. The normalized spacial score (nSPS) is 10.4. The lowest BCUT2D eigenvalue weighted by molar-refractivity contribution is 0.342. The van der Waals surface area contributed by atoms with Crippen LogP contribution in [0.3, 0.4) is 0 Å². The number of aryl methyl sites for hydroxylation is 1. The number of nitrogens with zero attached hydrogens (tertiary/aromatic N) is 2. The minimum atomic E-state index is -0.278. The topological polar surface area (TPSA) is 59.1 Å². The van der Waals surface area contributed by atoms with Crippen LogP contribution in [0.5, 0.6) is 5.75 Å². The van der Waals surface area contributed by atoms with Crippen LogP contribution in [-0.4, -0.2) is 16.6 Å². The highest BCUT2D eigenvalue weighted by atomic mass is 19.1. The van der Waals surface area contributed by atoms with Crippen molar-refractivity contribution in [2.24, 2.45) is 0 Å². The number of aromatic nitrogens is 2. The number of nitrogens with one attached hydrogen (secondary N) is 2. The Morgan fingerprint density at radius 1 is 1.00 bits per heavy atom. The standard InChI is InChI=1S/C19H19FN4O/c1-3-25-17-7-5-4-6-16(17)23-19-21-13(2)12-18(24-19)22-15-10-8-14(20)9-11-15/h4-12H,3H2,1-2H3,(H2,21,22,23,24). The molecule has 2 N–H and O–H groups in total. The number of halogens is 1. The van der Waals surface area contributed by atoms with Crippen molar-refractivity contribution in [2.45, 2.75) is 13.8 Å². The quantitative estimate of drug-likeness (QED) is 0.675. The smallest absolute Gasteiger partial charge is 0.229 e. The van der Waals surface area contributed by atoms with Gasteiger partial charge in [-0.3, -0.25) is 0 Å². The molecule has 1 aromatic heterocycles. The van der Waals surface area contributed by atoms with Crippen LogP contribution in [0.2, 0.25) is 0 Å². The van der Waals surface area contributed by atoms with Crippen LogP contribution in [0.25, 0.3) is 0 Å². The van der Waals surface area contributed by atoms with Gasteiger partial charge in [0.1, 0.15) is 17.4 Å². The van der Waals surface area contributed by atoms with Gasteiger partial charge in [0.15, 0.2) is 0 Å². The summed E-state index contributed by atoms with van der Waals surface area (Å²) in [4.78, 5) is 8.87. The van der Waals surface area contributed by atoms with Crippen LogP contribution < -0.4 is 15.4 Å². The fraction of sp³-hybridized carbons (Fsp3) is 0.158. The third-order valence-electron chi connectivity index (χ3n) is 3.40. The van der Waals surface area contributed by atoms with Crippen molar-refractivity contribution in [1.29, 1.82) is 0 Å². The van der Waals surface area contributed by atoms with Crippen molar-refractivity contribution in [3.8, 4) is 5.75 Å². The summed E-state index contributed by atoms with van der Waals surface area (Å²) in [5.74, 6) is 1.54. The van der Waals surface area contributed by atoms with Crippen molar-refractivity contribution in [1.82, 2.24) is 9.97 Å². The van der Waals surface area contributed by atoms with Gasteiger partial charge in [0.05, 0.1) is 12.3 Å². The summed E-state index contributed by atoms with van der Waals surface area (Å²) < 4.78 is 18.6. The summed E-state index contributed by atoms with van der Waals surface area (Å²) in [5.41, 5.74) is 2.35. The Labute approximate surface area is 145 Å². The molecule has 3 rings (SSSR count). The number of para-hydroxylation sites is 2. The lowest BCUT2D eigenvalue weighted by atomic mass is 10.3. The van der Waals surface area contributed by atoms with Gasteiger partial charge in [0.2, 0.25) is 5.95 Å². The molecule has 0 saturated heterocycles. The Morgan fingerprint density at radius 2 is 1.76 bits per heavy atom. The first-order valence-corrected chi connectivity index (χ1v) is 8.01. The zero-order valence-corrected chi connectivity index (χ0v) is 14.1. The van der Waals surface area contributed by atoms with E-state index in [1.807, 2.05) is 44.2 Å². The van der Waals surface area contributed by atoms with Gasteiger partial charge in [0, 0.05) is 17.4 Å². The third kappa shape index (κ3) is 4.44. The van der Waals surface area contributed by atoms with Gasteiger partial charge in [-0.25, -0.2) is 9.37 Å². The molecule has 0 fully saturated rings. The fourth-order valence-corrected chi connectivity index (χ4v) is 2.34. The molecule has 5 nitrogen and oxygen atoms in total. The van der Waals surface area contributed by atoms with Crippen molar-refractivity contribution in [3.63, 3.8) is 0 Å². The Balaban J connectivity index is 1.83. The molecule has 0 aliphatic rings. The van der Waals surface area contributed by atoms with E-state index in [9.17, 15) is 4.39 Å². The Kier molecular flexibility index (Phi) is 5.09. The highest BCUT2D eigenvalue weighted by Gasteiger charge is 2.07. The van der Waals surface area contributed by atoms with Crippen LogP contribution in [-0.2, 0) is 0 Å². The Bertz CT molecular complexity index is 852. The molecule has 0 saturated carbocycles. The van der Waals surface area contributed by atoms with E-state index in [-0.39, 0.29) is 5.82 Å². The number of ether oxygens (including phenoxy) is 1. The predicted molar refractivity (Wildman–Crippen MR) is 97.3 cm³/mol. The SMILES string of the molecule is CCOc1ccccc1Nc1nc(C)cc(Nc2ccc(F)cc2)n1. The molecule has 0 aliphatic carbocycles. The minimum Gasteiger partial charge on any atom is -0.492 e. The molecule has 2 aromatic carbocycles. The van der Waals surface area contributed by atoms with Crippen molar-refractivity contribution >= 4 is 23.1 Å². The van der Waals surface area contributed by atoms with E-state index in [2.05, 4.69) is 20.6 Å². The van der Waals surface area contributed by atoms with Gasteiger partial charge in [-0.05, 0) is 50.2 Å². The summed E-state index contributed by atoms with van der Waals surface area (Å²) in [6.45, 7) is 4.40. The molecule has 3 aromatic rings. The second-order valence-corrected chi connectivity index (χ2v) is 5.40. The molecule has 0 radical (unpaired) electrons. The summed E-state index contributed by atoms with van der Waals surface area (Å²) >= 11 is 0. The van der Waals surface area contributed by atoms with Crippen molar-refractivity contribution < 1.29 is 9.13 Å². The Morgan fingerprint density at radius 3 is 2.52 bits per heavy atom. The summed E-state index contributed by atoms with van der Waals surface area (Å²) in [7, 11) is 0. The largest absolute Gasteiger partial charge is 0.492 e. The van der Waals surface area contributed by atoms with Gasteiger partial charge < -0.3 is 15.4 Å². The zero-order valence-electron chi connectivity index (χ0n) is 14.1. The molecule has 6 heteroatoms. The van der Waals surface area contributed by atoms with Gasteiger partial charge in [-0.15, -0.1) is 0 Å². The second kappa shape index (κ2) is 7.61. The number of benzene rings is 2. The lowest BCUT2D eigenvalue weighted by Crippen LogP contribution is -2.04. The van der Waals surface area contributed by atoms with E-state index in [1.54, 1.807) is 12.1 Å². The molecule has 128 valence electrons. The lowest BCUT2D eigenvalue weighted by Gasteiger charge is -2.13. The maximum absolute atomic E-state index is 13.0. The zero-order chi connectivity index (χ0) is 17.6. The highest BCUT2D eigenvalue weighted by Crippen LogP contribution is 2.27. The molecule has 1 heterocycles. The van der Waals surface area contributed by atoms with E-state index >= 15 is 0 Å². The minimum absolute atomic E-state index is 0.278. The molecule has 25 heavy (non-hydrogen) atoms. The van der Waals surface area contributed by atoms with E-state index in [1.165, 1.54) is 12.1 Å². The highest BCUT2D eigenvalue weighted by molar-refractivity contribution is 5.64. The first-order chi connectivity index (χ1) is 12.1. The van der Waals surface area contributed by atoms with Gasteiger partial charge in [0.25, 0.3) is 0 Å². The summed E-state index contributed by atoms with van der Waals surface area (Å²) in [6.07, 6.45) is 0. The average Bonchev–Trinajstić information content (AvgIpc) is 2.58. The first kappa shape index (κ1) is 16.7. The van der Waals surface area contributed by atoms with E-state index in [0.717, 1.165) is 22.8 Å². The summed E-state index contributed by atoms with van der Waals surface area (Å²) in [6, 6.07) is 15.6. The number of hydrogen-bond donors (Lipinski definition) is 2. The first-order valence-electron chi connectivity index (χ1n) is 8.01. The fourth-order valence-electron chi connectivity index (χ4n) is 2.34. The van der Waals surface area contributed by atoms with Crippen LogP contribution in [0.4, 0.5) is 27.5 Å². The van der Waals surface area contributed by atoms with E-state index in [4.69, 9.17) is 4.74 Å². The summed E-state index contributed by atoms with van der Waals surface area (Å²) in [5, 5.41) is 6.34. The number of hydrogen-bond acceptors (Lipinski definition) is 5. The molecule has 0 bridgehead atoms. The molecule has 0 unspecified atom stereocenters. The van der Waals surface area contributed by atoms with Crippen molar-refractivity contribution in [2.75, 3.05) is 17.2 Å². The van der Waals surface area contributed by atoms with Crippen LogP contribution in [0.15, 0.2) is 54.6 Å².